The average Bonchev–Trinajstić information content (AvgIpc) is 2.84. The van der Waals surface area contributed by atoms with Crippen molar-refractivity contribution in [2.24, 2.45) is 5.10 Å². The zero-order valence-electron chi connectivity index (χ0n) is 20.9. The van der Waals surface area contributed by atoms with Gasteiger partial charge in [0.2, 0.25) is 0 Å². The Morgan fingerprint density at radius 3 is 2.35 bits per heavy atom. The number of benzene rings is 2. The summed E-state index contributed by atoms with van der Waals surface area (Å²) in [5, 5.41) is 4.56. The van der Waals surface area contributed by atoms with E-state index in [4.69, 9.17) is 21.1 Å². The van der Waals surface area contributed by atoms with Crippen LogP contribution in [0.2, 0.25) is 5.02 Å². The minimum Gasteiger partial charge on any atom is -0.490 e. The Hall–Kier alpha value is -2.53. The number of hydrazone groups is 1. The van der Waals surface area contributed by atoms with Crippen LogP contribution in [0.25, 0.3) is 0 Å². The first-order valence-corrected chi connectivity index (χ1v) is 13.0. The van der Waals surface area contributed by atoms with Crippen molar-refractivity contribution in [1.82, 2.24) is 5.43 Å². The van der Waals surface area contributed by atoms with Gasteiger partial charge in [0.1, 0.15) is 0 Å². The van der Waals surface area contributed by atoms with Crippen molar-refractivity contribution >= 4 is 23.7 Å². The summed E-state index contributed by atoms with van der Waals surface area (Å²) in [6.07, 6.45) is 12.0. The van der Waals surface area contributed by atoms with E-state index in [1.165, 1.54) is 31.2 Å². The second-order valence-electron chi connectivity index (χ2n) is 8.38. The molecular formula is C28H39ClN2O3. The SMILES string of the molecule is CCCCCCCCOc1c(Cl)cc(/C=N/NC(=O)c2ccc(CCCC)cc2)cc1OCC. The van der Waals surface area contributed by atoms with E-state index in [1.54, 1.807) is 12.3 Å². The molecular weight excluding hydrogens is 448 g/mol. The van der Waals surface area contributed by atoms with Crippen molar-refractivity contribution in [3.05, 3.63) is 58.1 Å². The molecule has 1 amide bonds. The summed E-state index contributed by atoms with van der Waals surface area (Å²) < 4.78 is 11.7. The Morgan fingerprint density at radius 1 is 0.941 bits per heavy atom. The van der Waals surface area contributed by atoms with Gasteiger partial charge in [-0.15, -0.1) is 0 Å². The van der Waals surface area contributed by atoms with Gasteiger partial charge in [-0.3, -0.25) is 4.79 Å². The van der Waals surface area contributed by atoms with Crippen LogP contribution in [0.4, 0.5) is 0 Å². The highest BCUT2D eigenvalue weighted by Gasteiger charge is 2.12. The van der Waals surface area contributed by atoms with E-state index in [-0.39, 0.29) is 5.91 Å². The van der Waals surface area contributed by atoms with E-state index in [2.05, 4.69) is 24.4 Å². The lowest BCUT2D eigenvalue weighted by Gasteiger charge is -2.14. The zero-order valence-corrected chi connectivity index (χ0v) is 21.6. The number of aryl methyl sites for hydroxylation is 1. The van der Waals surface area contributed by atoms with Crippen molar-refractivity contribution in [3.63, 3.8) is 0 Å². The molecule has 0 saturated carbocycles. The maximum Gasteiger partial charge on any atom is 0.271 e. The number of nitrogens with zero attached hydrogens (tertiary/aromatic N) is 1. The molecule has 0 atom stereocenters. The van der Waals surface area contributed by atoms with E-state index in [9.17, 15) is 4.79 Å². The standard InChI is InChI=1S/C28H39ClN2O3/c1-4-7-9-10-11-12-18-34-27-25(29)19-23(20-26(27)33-6-3)21-30-31-28(32)24-16-14-22(15-17-24)13-8-5-2/h14-17,19-21H,4-13,18H2,1-3H3,(H,31,32)/b30-21+. The van der Waals surface area contributed by atoms with E-state index in [0.717, 1.165) is 37.7 Å². The molecule has 34 heavy (non-hydrogen) atoms. The molecule has 0 radical (unpaired) electrons. The average molecular weight is 487 g/mol. The largest absolute Gasteiger partial charge is 0.490 e. The number of amides is 1. The molecule has 0 heterocycles. The summed E-state index contributed by atoms with van der Waals surface area (Å²) in [5.74, 6) is 0.881. The maximum absolute atomic E-state index is 12.4. The third-order valence-electron chi connectivity index (χ3n) is 5.49. The molecule has 0 aliphatic carbocycles. The molecule has 6 heteroatoms. The van der Waals surface area contributed by atoms with E-state index < -0.39 is 0 Å². The van der Waals surface area contributed by atoms with Gasteiger partial charge < -0.3 is 9.47 Å². The summed E-state index contributed by atoms with van der Waals surface area (Å²) in [6.45, 7) is 7.40. The van der Waals surface area contributed by atoms with E-state index >= 15 is 0 Å². The van der Waals surface area contributed by atoms with E-state index in [1.807, 2.05) is 37.3 Å². The molecule has 0 aliphatic rings. The van der Waals surface area contributed by atoms with Crippen LogP contribution in [0.5, 0.6) is 11.5 Å². The van der Waals surface area contributed by atoms with Gasteiger partial charge in [-0.1, -0.05) is 76.1 Å². The second-order valence-corrected chi connectivity index (χ2v) is 8.79. The number of carbonyl (C=O) groups is 1. The first-order valence-electron chi connectivity index (χ1n) is 12.6. The van der Waals surface area contributed by atoms with Crippen LogP contribution in [0.3, 0.4) is 0 Å². The van der Waals surface area contributed by atoms with Crippen molar-refractivity contribution in [2.45, 2.75) is 78.6 Å². The Kier molecular flexibility index (Phi) is 13.2. The maximum atomic E-state index is 12.4. The fourth-order valence-electron chi connectivity index (χ4n) is 3.56. The number of hydrogen-bond acceptors (Lipinski definition) is 4. The minimum atomic E-state index is -0.256. The van der Waals surface area contributed by atoms with Crippen LogP contribution >= 0.6 is 11.6 Å². The molecule has 0 bridgehead atoms. The molecule has 186 valence electrons. The number of carbonyl (C=O) groups excluding carboxylic acids is 1. The smallest absolute Gasteiger partial charge is 0.271 e. The normalized spacial score (nSPS) is 11.1. The highest BCUT2D eigenvalue weighted by molar-refractivity contribution is 6.32. The molecule has 2 aromatic rings. The van der Waals surface area contributed by atoms with Gasteiger partial charge in [-0.05, 0) is 61.6 Å². The van der Waals surface area contributed by atoms with Crippen molar-refractivity contribution in [3.8, 4) is 11.5 Å². The number of hydrogen-bond donors (Lipinski definition) is 1. The van der Waals surface area contributed by atoms with Gasteiger partial charge in [-0.2, -0.15) is 5.10 Å². The predicted molar refractivity (Wildman–Crippen MR) is 142 cm³/mol. The highest BCUT2D eigenvalue weighted by Crippen LogP contribution is 2.36. The molecule has 0 aromatic heterocycles. The summed E-state index contributed by atoms with van der Waals surface area (Å²) in [5.41, 5.74) is 5.10. The summed E-state index contributed by atoms with van der Waals surface area (Å²) in [7, 11) is 0. The van der Waals surface area contributed by atoms with Gasteiger partial charge >= 0.3 is 0 Å². The number of unbranched alkanes of at least 4 members (excludes halogenated alkanes) is 6. The second kappa shape index (κ2) is 16.2. The third kappa shape index (κ3) is 9.76. The van der Waals surface area contributed by atoms with Crippen LogP contribution < -0.4 is 14.9 Å². The molecule has 0 aliphatic heterocycles. The Labute approximate surface area is 209 Å². The van der Waals surface area contributed by atoms with Gasteiger partial charge in [0, 0.05) is 5.56 Å². The van der Waals surface area contributed by atoms with Gasteiger partial charge in [0.05, 0.1) is 24.5 Å². The molecule has 1 N–H and O–H groups in total. The minimum absolute atomic E-state index is 0.256. The zero-order chi connectivity index (χ0) is 24.6. The fourth-order valence-corrected chi connectivity index (χ4v) is 3.83. The summed E-state index contributed by atoms with van der Waals surface area (Å²) >= 11 is 6.49. The lowest BCUT2D eigenvalue weighted by atomic mass is 10.1. The van der Waals surface area contributed by atoms with Crippen molar-refractivity contribution in [2.75, 3.05) is 13.2 Å². The van der Waals surface area contributed by atoms with Crippen LogP contribution in [0, 0.1) is 0 Å². The molecule has 2 rings (SSSR count). The van der Waals surface area contributed by atoms with Crippen LogP contribution in [0.15, 0.2) is 41.5 Å². The molecule has 0 saturated heterocycles. The quantitative estimate of drug-likeness (QED) is 0.151. The molecule has 0 spiro atoms. The molecule has 0 unspecified atom stereocenters. The number of nitrogens with one attached hydrogen (secondary N) is 1. The number of rotatable bonds is 16. The van der Waals surface area contributed by atoms with Crippen molar-refractivity contribution in [1.29, 1.82) is 0 Å². The lowest BCUT2D eigenvalue weighted by Crippen LogP contribution is -2.17. The van der Waals surface area contributed by atoms with Crippen LogP contribution in [-0.4, -0.2) is 25.3 Å². The predicted octanol–water partition coefficient (Wildman–Crippen LogP) is 7.58. The Bertz CT molecular complexity index is 897. The van der Waals surface area contributed by atoms with Crippen LogP contribution in [-0.2, 0) is 6.42 Å². The van der Waals surface area contributed by atoms with Gasteiger partial charge in [0.15, 0.2) is 11.5 Å². The monoisotopic (exact) mass is 486 g/mol. The first kappa shape index (κ1) is 27.7. The fraction of sp³-hybridized carbons (Fsp3) is 0.500. The summed E-state index contributed by atoms with van der Waals surface area (Å²) in [6, 6.07) is 11.2. The van der Waals surface area contributed by atoms with E-state index in [0.29, 0.717) is 35.3 Å². The van der Waals surface area contributed by atoms with Crippen molar-refractivity contribution < 1.29 is 14.3 Å². The first-order chi connectivity index (χ1) is 16.6. The Balaban J connectivity index is 1.93. The summed E-state index contributed by atoms with van der Waals surface area (Å²) in [4.78, 5) is 12.4. The Morgan fingerprint density at radius 2 is 1.65 bits per heavy atom. The topological polar surface area (TPSA) is 59.9 Å². The third-order valence-corrected chi connectivity index (χ3v) is 5.77. The highest BCUT2D eigenvalue weighted by atomic mass is 35.5. The molecule has 5 nitrogen and oxygen atoms in total. The van der Waals surface area contributed by atoms with Gasteiger partial charge in [0.25, 0.3) is 5.91 Å². The molecule has 0 fully saturated rings. The lowest BCUT2D eigenvalue weighted by molar-refractivity contribution is 0.0955. The number of halogens is 1. The number of ether oxygens (including phenoxy) is 2. The van der Waals surface area contributed by atoms with Gasteiger partial charge in [-0.25, -0.2) is 5.43 Å². The van der Waals surface area contributed by atoms with Crippen LogP contribution in [0.1, 0.15) is 93.6 Å². The molecule has 2 aromatic carbocycles.